The minimum Gasteiger partial charge on any atom is -0.464 e. The number of nitrogens with zero attached hydrogens (tertiary/aromatic N) is 1. The molecule has 0 aliphatic carbocycles. The van der Waals surface area contributed by atoms with Crippen LogP contribution < -0.4 is 0 Å². The Morgan fingerprint density at radius 3 is 2.30 bits per heavy atom. The number of ether oxygens (including phenoxy) is 2. The number of rotatable bonds is 3. The molecule has 5 nitrogen and oxygen atoms in total. The topological polar surface area (TPSA) is 57.5 Å². The van der Waals surface area contributed by atoms with Gasteiger partial charge >= 0.3 is 12.1 Å². The summed E-state index contributed by atoms with van der Waals surface area (Å²) in [6.45, 7) is 5.36. The van der Waals surface area contributed by atoms with E-state index in [1.807, 2.05) is 53.2 Å². The second-order valence-corrected chi connectivity index (χ2v) is 7.76. The van der Waals surface area contributed by atoms with Crippen molar-refractivity contribution in [2.75, 3.05) is 7.11 Å². The van der Waals surface area contributed by atoms with Crippen molar-refractivity contribution in [2.45, 2.75) is 26.4 Å². The van der Waals surface area contributed by atoms with Gasteiger partial charge in [-0.1, -0.05) is 30.3 Å². The number of hydrogen-bond acceptors (Lipinski definition) is 5. The molecule has 1 aromatic carbocycles. The molecule has 0 amide bonds. The summed E-state index contributed by atoms with van der Waals surface area (Å²) in [5.74, 6) is -0.596. The van der Waals surface area contributed by atoms with Gasteiger partial charge in [-0.3, -0.25) is 0 Å². The van der Waals surface area contributed by atoms with Crippen LogP contribution in [-0.4, -0.2) is 29.3 Å². The average Bonchev–Trinajstić information content (AvgIpc) is 3.27. The van der Waals surface area contributed by atoms with Crippen LogP contribution in [0.25, 0.3) is 22.4 Å². The lowest BCUT2D eigenvalue weighted by molar-refractivity contribution is 0.0486. The lowest BCUT2D eigenvalue weighted by atomic mass is 10.1. The highest BCUT2D eigenvalue weighted by atomic mass is 32.1. The van der Waals surface area contributed by atoms with E-state index in [4.69, 9.17) is 9.47 Å². The van der Waals surface area contributed by atoms with Gasteiger partial charge in [-0.15, -0.1) is 0 Å². The molecule has 2 aromatic heterocycles. The highest BCUT2D eigenvalue weighted by Gasteiger charge is 2.30. The summed E-state index contributed by atoms with van der Waals surface area (Å²) in [5.41, 5.74) is 2.31. The predicted octanol–water partition coefficient (Wildman–Crippen LogP) is 5.45. The maximum atomic E-state index is 13.0. The smallest absolute Gasteiger partial charge is 0.419 e. The van der Waals surface area contributed by atoms with Gasteiger partial charge < -0.3 is 9.47 Å². The standard InChI is InChI=1S/C21H21NO4S/c1-21(2,3)26-20(24)22-17(15-10-11-27-13-15)12-16(18(22)19(23)25-4)14-8-6-5-7-9-14/h5-13H,1-4H3. The molecule has 0 fully saturated rings. The second-order valence-electron chi connectivity index (χ2n) is 6.98. The minimum atomic E-state index is -0.701. The van der Waals surface area contributed by atoms with Crippen LogP contribution in [0.15, 0.2) is 53.2 Å². The lowest BCUT2D eigenvalue weighted by Crippen LogP contribution is -2.29. The van der Waals surface area contributed by atoms with Crippen LogP contribution in [0, 0.1) is 0 Å². The number of esters is 1. The molecular weight excluding hydrogens is 362 g/mol. The maximum Gasteiger partial charge on any atom is 0.419 e. The van der Waals surface area contributed by atoms with Gasteiger partial charge in [-0.25, -0.2) is 14.2 Å². The molecule has 0 spiro atoms. The van der Waals surface area contributed by atoms with E-state index in [-0.39, 0.29) is 5.69 Å². The van der Waals surface area contributed by atoms with E-state index in [0.29, 0.717) is 11.3 Å². The lowest BCUT2D eigenvalue weighted by Gasteiger charge is -2.21. The van der Waals surface area contributed by atoms with Gasteiger partial charge in [0.05, 0.1) is 12.8 Å². The molecule has 2 heterocycles. The minimum absolute atomic E-state index is 0.152. The summed E-state index contributed by atoms with van der Waals surface area (Å²) in [6, 6.07) is 13.2. The van der Waals surface area contributed by atoms with E-state index in [0.717, 1.165) is 11.1 Å². The van der Waals surface area contributed by atoms with Gasteiger partial charge in [0, 0.05) is 16.5 Å². The van der Waals surface area contributed by atoms with Crippen LogP contribution in [0.2, 0.25) is 0 Å². The van der Waals surface area contributed by atoms with E-state index in [2.05, 4.69) is 0 Å². The number of aromatic nitrogens is 1. The van der Waals surface area contributed by atoms with E-state index in [1.165, 1.54) is 23.0 Å². The molecule has 0 aliphatic rings. The number of thiophene rings is 1. The number of carbonyl (C=O) groups is 2. The molecule has 27 heavy (non-hydrogen) atoms. The SMILES string of the molecule is COC(=O)c1c(-c2ccccc2)cc(-c2ccsc2)n1C(=O)OC(C)(C)C. The van der Waals surface area contributed by atoms with Crippen LogP contribution in [-0.2, 0) is 9.47 Å². The second kappa shape index (κ2) is 7.40. The van der Waals surface area contributed by atoms with Crippen molar-refractivity contribution in [2.24, 2.45) is 0 Å². The van der Waals surface area contributed by atoms with Crippen LogP contribution in [0.3, 0.4) is 0 Å². The summed E-state index contributed by atoms with van der Waals surface area (Å²) in [7, 11) is 1.30. The zero-order valence-electron chi connectivity index (χ0n) is 15.7. The number of carbonyl (C=O) groups excluding carboxylic acids is 2. The molecule has 0 atom stereocenters. The highest BCUT2D eigenvalue weighted by molar-refractivity contribution is 7.08. The Kier molecular flexibility index (Phi) is 5.19. The Morgan fingerprint density at radius 1 is 1.04 bits per heavy atom. The fourth-order valence-electron chi connectivity index (χ4n) is 2.77. The molecule has 0 unspecified atom stereocenters. The van der Waals surface area contributed by atoms with Gasteiger partial charge in [0.15, 0.2) is 0 Å². The Labute approximate surface area is 162 Å². The van der Waals surface area contributed by atoms with Gasteiger partial charge in [-0.05, 0) is 43.8 Å². The number of benzene rings is 1. The quantitative estimate of drug-likeness (QED) is 0.564. The monoisotopic (exact) mass is 383 g/mol. The summed E-state index contributed by atoms with van der Waals surface area (Å²) >= 11 is 1.51. The van der Waals surface area contributed by atoms with Crippen molar-refractivity contribution in [3.63, 3.8) is 0 Å². The Hall–Kier alpha value is -2.86. The summed E-state index contributed by atoms with van der Waals surface area (Å²) in [4.78, 5) is 25.6. The predicted molar refractivity (Wildman–Crippen MR) is 106 cm³/mol. The number of methoxy groups -OCH3 is 1. The molecule has 3 aromatic rings. The average molecular weight is 383 g/mol. The fraction of sp³-hybridized carbons (Fsp3) is 0.238. The van der Waals surface area contributed by atoms with Crippen LogP contribution in [0.5, 0.6) is 0 Å². The Morgan fingerprint density at radius 2 is 1.74 bits per heavy atom. The molecule has 0 radical (unpaired) electrons. The van der Waals surface area contributed by atoms with E-state index < -0.39 is 17.7 Å². The van der Waals surface area contributed by atoms with E-state index in [9.17, 15) is 9.59 Å². The maximum absolute atomic E-state index is 13.0. The largest absolute Gasteiger partial charge is 0.464 e. The van der Waals surface area contributed by atoms with Crippen LogP contribution in [0.1, 0.15) is 31.3 Å². The molecule has 140 valence electrons. The molecule has 0 saturated heterocycles. The van der Waals surface area contributed by atoms with Crippen molar-refractivity contribution in [1.29, 1.82) is 0 Å². The first-order valence-electron chi connectivity index (χ1n) is 8.47. The summed E-state index contributed by atoms with van der Waals surface area (Å²) < 4.78 is 11.9. The molecule has 0 N–H and O–H groups in total. The van der Waals surface area contributed by atoms with Crippen molar-refractivity contribution in [3.8, 4) is 22.4 Å². The van der Waals surface area contributed by atoms with Gasteiger partial charge in [0.25, 0.3) is 0 Å². The summed E-state index contributed by atoms with van der Waals surface area (Å²) in [6.07, 6.45) is -0.619. The first-order valence-corrected chi connectivity index (χ1v) is 9.41. The first-order chi connectivity index (χ1) is 12.8. The third kappa shape index (κ3) is 3.95. The Bertz CT molecular complexity index is 950. The van der Waals surface area contributed by atoms with Crippen molar-refractivity contribution >= 4 is 23.4 Å². The van der Waals surface area contributed by atoms with Gasteiger partial charge in [0.2, 0.25) is 0 Å². The van der Waals surface area contributed by atoms with Crippen LogP contribution >= 0.6 is 11.3 Å². The Balaban J connectivity index is 2.29. The van der Waals surface area contributed by atoms with Crippen LogP contribution in [0.4, 0.5) is 4.79 Å². The number of hydrogen-bond donors (Lipinski definition) is 0. The van der Waals surface area contributed by atoms with Crippen molar-refractivity contribution in [1.82, 2.24) is 4.57 Å². The molecular formula is C21H21NO4S. The normalized spacial score (nSPS) is 11.3. The third-order valence-electron chi connectivity index (χ3n) is 3.86. The highest BCUT2D eigenvalue weighted by Crippen LogP contribution is 2.35. The van der Waals surface area contributed by atoms with Crippen molar-refractivity contribution < 1.29 is 19.1 Å². The molecule has 3 rings (SSSR count). The molecule has 6 heteroatoms. The van der Waals surface area contributed by atoms with Gasteiger partial charge in [0.1, 0.15) is 11.3 Å². The third-order valence-corrected chi connectivity index (χ3v) is 4.54. The molecule has 0 aliphatic heterocycles. The van der Waals surface area contributed by atoms with Crippen molar-refractivity contribution in [3.05, 3.63) is 58.9 Å². The molecule has 0 bridgehead atoms. The fourth-order valence-corrected chi connectivity index (χ4v) is 3.42. The van der Waals surface area contributed by atoms with E-state index >= 15 is 0 Å². The first kappa shape index (κ1) is 18.9. The zero-order valence-corrected chi connectivity index (χ0v) is 16.5. The van der Waals surface area contributed by atoms with E-state index in [1.54, 1.807) is 20.8 Å². The summed E-state index contributed by atoms with van der Waals surface area (Å²) in [5, 5.41) is 3.84. The molecule has 0 saturated carbocycles. The van der Waals surface area contributed by atoms with Gasteiger partial charge in [-0.2, -0.15) is 11.3 Å². The zero-order chi connectivity index (χ0) is 19.6.